The van der Waals surface area contributed by atoms with E-state index in [0.717, 1.165) is 28.9 Å². The zero-order chi connectivity index (χ0) is 20.8. The van der Waals surface area contributed by atoms with Gasteiger partial charge in [0.05, 0.1) is 24.0 Å². The van der Waals surface area contributed by atoms with Crippen molar-refractivity contribution in [3.05, 3.63) is 72.1 Å². The van der Waals surface area contributed by atoms with Crippen molar-refractivity contribution in [1.29, 1.82) is 0 Å². The van der Waals surface area contributed by atoms with Gasteiger partial charge in [-0.25, -0.2) is 9.97 Å². The number of phenolic OH excluding ortho intramolecular Hbond substituents is 1. The number of phenols is 1. The molecule has 0 unspecified atom stereocenters. The van der Waals surface area contributed by atoms with Gasteiger partial charge in [0.2, 0.25) is 5.91 Å². The molecule has 2 aromatic carbocycles. The van der Waals surface area contributed by atoms with Gasteiger partial charge in [-0.15, -0.1) is 0 Å². The van der Waals surface area contributed by atoms with E-state index in [1.165, 1.54) is 32.1 Å². The van der Waals surface area contributed by atoms with Crippen LogP contribution in [-0.4, -0.2) is 21.0 Å². The van der Waals surface area contributed by atoms with Crippen molar-refractivity contribution in [3.63, 3.8) is 0 Å². The van der Waals surface area contributed by atoms with Gasteiger partial charge in [-0.3, -0.25) is 4.79 Å². The molecule has 1 aliphatic carbocycles. The highest BCUT2D eigenvalue weighted by molar-refractivity contribution is 5.92. The molecule has 1 amide bonds. The SMILES string of the molecule is O=C(Cc1ccccc1)Nc1ncc(-c2ccc(O)cc2)nc1CC1CCCCC1. The summed E-state index contributed by atoms with van der Waals surface area (Å²) in [5.74, 6) is 1.27. The Balaban J connectivity index is 1.57. The number of anilines is 1. The topological polar surface area (TPSA) is 75.1 Å². The fraction of sp³-hybridized carbons (Fsp3) is 0.320. The minimum atomic E-state index is -0.0854. The highest BCUT2D eigenvalue weighted by atomic mass is 16.3. The van der Waals surface area contributed by atoms with Crippen molar-refractivity contribution in [1.82, 2.24) is 9.97 Å². The Morgan fingerprint density at radius 2 is 1.73 bits per heavy atom. The maximum Gasteiger partial charge on any atom is 0.229 e. The number of nitrogens with one attached hydrogen (secondary N) is 1. The molecular weight excluding hydrogens is 374 g/mol. The molecule has 1 saturated carbocycles. The van der Waals surface area contributed by atoms with Crippen molar-refractivity contribution < 1.29 is 9.90 Å². The molecule has 4 rings (SSSR count). The summed E-state index contributed by atoms with van der Waals surface area (Å²) in [6.45, 7) is 0. The lowest BCUT2D eigenvalue weighted by Gasteiger charge is -2.22. The quantitative estimate of drug-likeness (QED) is 0.599. The second-order valence-corrected chi connectivity index (χ2v) is 8.02. The van der Waals surface area contributed by atoms with Crippen molar-refractivity contribution >= 4 is 11.7 Å². The van der Waals surface area contributed by atoms with E-state index in [-0.39, 0.29) is 11.7 Å². The van der Waals surface area contributed by atoms with E-state index in [0.29, 0.717) is 18.2 Å². The molecule has 0 saturated heterocycles. The van der Waals surface area contributed by atoms with E-state index in [2.05, 4.69) is 10.3 Å². The van der Waals surface area contributed by atoms with E-state index in [9.17, 15) is 9.90 Å². The van der Waals surface area contributed by atoms with Gasteiger partial charge < -0.3 is 10.4 Å². The van der Waals surface area contributed by atoms with Crippen LogP contribution in [0.15, 0.2) is 60.8 Å². The molecule has 3 aromatic rings. The summed E-state index contributed by atoms with van der Waals surface area (Å²) in [5, 5.41) is 12.5. The van der Waals surface area contributed by atoms with Gasteiger partial charge in [0, 0.05) is 5.56 Å². The van der Waals surface area contributed by atoms with Crippen LogP contribution in [0.2, 0.25) is 0 Å². The summed E-state index contributed by atoms with van der Waals surface area (Å²) >= 11 is 0. The molecule has 30 heavy (non-hydrogen) atoms. The molecule has 1 heterocycles. The summed E-state index contributed by atoms with van der Waals surface area (Å²) in [6, 6.07) is 16.7. The molecule has 2 N–H and O–H groups in total. The highest BCUT2D eigenvalue weighted by Crippen LogP contribution is 2.29. The summed E-state index contributed by atoms with van der Waals surface area (Å²) < 4.78 is 0. The molecule has 0 aliphatic heterocycles. The number of nitrogens with zero attached hydrogens (tertiary/aromatic N) is 2. The maximum absolute atomic E-state index is 12.6. The van der Waals surface area contributed by atoms with Crippen molar-refractivity contribution in [2.75, 3.05) is 5.32 Å². The summed E-state index contributed by atoms with van der Waals surface area (Å²) in [6.07, 6.45) is 9.03. The van der Waals surface area contributed by atoms with E-state index in [1.807, 2.05) is 42.5 Å². The predicted octanol–water partition coefficient (Wildman–Crippen LogP) is 5.15. The first-order chi connectivity index (χ1) is 14.7. The number of carbonyl (C=O) groups is 1. The molecule has 154 valence electrons. The van der Waals surface area contributed by atoms with E-state index < -0.39 is 0 Å². The summed E-state index contributed by atoms with van der Waals surface area (Å²) in [7, 11) is 0. The average Bonchev–Trinajstić information content (AvgIpc) is 2.77. The minimum absolute atomic E-state index is 0.0854. The standard InChI is InChI=1S/C25H27N3O2/c29-21-13-11-20(12-14-21)23-17-26-25(22(27-23)15-18-7-3-1-4-8-18)28-24(30)16-19-9-5-2-6-10-19/h2,5-6,9-14,17-18,29H,1,3-4,7-8,15-16H2,(H,26,28,30). The van der Waals surface area contributed by atoms with Crippen LogP contribution >= 0.6 is 0 Å². The van der Waals surface area contributed by atoms with Gasteiger partial charge >= 0.3 is 0 Å². The molecule has 1 fully saturated rings. The zero-order valence-electron chi connectivity index (χ0n) is 17.1. The Hall–Kier alpha value is -3.21. The molecule has 5 nitrogen and oxygen atoms in total. The van der Waals surface area contributed by atoms with Crippen LogP contribution in [0.3, 0.4) is 0 Å². The first kappa shape index (κ1) is 20.1. The van der Waals surface area contributed by atoms with Gasteiger partial charge in [-0.05, 0) is 42.2 Å². The van der Waals surface area contributed by atoms with Crippen LogP contribution in [0.25, 0.3) is 11.3 Å². The van der Waals surface area contributed by atoms with Gasteiger partial charge in [-0.1, -0.05) is 62.4 Å². The average molecular weight is 402 g/mol. The lowest BCUT2D eigenvalue weighted by molar-refractivity contribution is -0.115. The van der Waals surface area contributed by atoms with Gasteiger partial charge in [-0.2, -0.15) is 0 Å². The third-order valence-electron chi connectivity index (χ3n) is 5.68. The number of rotatable bonds is 6. The van der Waals surface area contributed by atoms with Crippen LogP contribution in [0.1, 0.15) is 43.4 Å². The normalized spacial score (nSPS) is 14.4. The number of hydrogen-bond acceptors (Lipinski definition) is 4. The first-order valence-electron chi connectivity index (χ1n) is 10.7. The molecule has 0 atom stereocenters. The molecular formula is C25H27N3O2. The lowest BCUT2D eigenvalue weighted by atomic mass is 9.86. The Labute approximate surface area is 177 Å². The van der Waals surface area contributed by atoms with E-state index in [1.54, 1.807) is 18.3 Å². The van der Waals surface area contributed by atoms with Gasteiger partial charge in [0.25, 0.3) is 0 Å². The number of aromatic nitrogens is 2. The number of amides is 1. The van der Waals surface area contributed by atoms with Crippen LogP contribution in [0, 0.1) is 5.92 Å². The van der Waals surface area contributed by atoms with Gasteiger partial charge in [0.15, 0.2) is 5.82 Å². The summed E-state index contributed by atoms with van der Waals surface area (Å²) in [5.41, 5.74) is 3.46. The second-order valence-electron chi connectivity index (χ2n) is 8.02. The van der Waals surface area contributed by atoms with Crippen molar-refractivity contribution in [2.24, 2.45) is 5.92 Å². The third kappa shape index (κ3) is 5.23. The van der Waals surface area contributed by atoms with Gasteiger partial charge in [0.1, 0.15) is 5.75 Å². The zero-order valence-corrected chi connectivity index (χ0v) is 17.1. The smallest absolute Gasteiger partial charge is 0.229 e. The van der Waals surface area contributed by atoms with E-state index >= 15 is 0 Å². The fourth-order valence-electron chi connectivity index (χ4n) is 4.07. The van der Waals surface area contributed by atoms with Crippen molar-refractivity contribution in [3.8, 4) is 17.0 Å². The van der Waals surface area contributed by atoms with Crippen LogP contribution < -0.4 is 5.32 Å². The Morgan fingerprint density at radius 3 is 2.47 bits per heavy atom. The monoisotopic (exact) mass is 401 g/mol. The molecule has 1 aliphatic rings. The largest absolute Gasteiger partial charge is 0.508 e. The third-order valence-corrected chi connectivity index (χ3v) is 5.68. The molecule has 0 radical (unpaired) electrons. The maximum atomic E-state index is 12.6. The fourth-order valence-corrected chi connectivity index (χ4v) is 4.07. The molecule has 5 heteroatoms. The van der Waals surface area contributed by atoms with Crippen LogP contribution in [0.4, 0.5) is 5.82 Å². The van der Waals surface area contributed by atoms with Crippen molar-refractivity contribution in [2.45, 2.75) is 44.9 Å². The molecule has 1 aromatic heterocycles. The molecule has 0 bridgehead atoms. The highest BCUT2D eigenvalue weighted by Gasteiger charge is 2.19. The predicted molar refractivity (Wildman–Crippen MR) is 118 cm³/mol. The lowest BCUT2D eigenvalue weighted by Crippen LogP contribution is -2.19. The van der Waals surface area contributed by atoms with Crippen LogP contribution in [0.5, 0.6) is 5.75 Å². The summed E-state index contributed by atoms with van der Waals surface area (Å²) in [4.78, 5) is 22.0. The minimum Gasteiger partial charge on any atom is -0.508 e. The number of aromatic hydroxyl groups is 1. The Morgan fingerprint density at radius 1 is 1.00 bits per heavy atom. The second kappa shape index (κ2) is 9.53. The Kier molecular flexibility index (Phi) is 6.38. The number of carbonyl (C=O) groups excluding carboxylic acids is 1. The number of benzene rings is 2. The molecule has 0 spiro atoms. The number of hydrogen-bond donors (Lipinski definition) is 2. The van der Waals surface area contributed by atoms with Crippen LogP contribution in [-0.2, 0) is 17.6 Å². The first-order valence-corrected chi connectivity index (χ1v) is 10.7. The Bertz CT molecular complexity index is 981. The van der Waals surface area contributed by atoms with E-state index in [4.69, 9.17) is 4.98 Å².